The standard InChI is InChI=1S/C9H7BrCl2N4S/c1-16(3-6-2-5(10)4-17-6)8-7(11)14-15-9(12)13-8/h2,4H,3H2,1H3. The molecule has 0 N–H and O–H groups in total. The zero-order chi connectivity index (χ0) is 12.4. The quantitative estimate of drug-likeness (QED) is 0.844. The van der Waals surface area contributed by atoms with Crippen LogP contribution in [0, 0.1) is 0 Å². The van der Waals surface area contributed by atoms with Gasteiger partial charge in [0.25, 0.3) is 0 Å². The van der Waals surface area contributed by atoms with Gasteiger partial charge in [0.15, 0.2) is 11.0 Å². The summed E-state index contributed by atoms with van der Waals surface area (Å²) >= 11 is 16.7. The first-order chi connectivity index (χ1) is 8.06. The topological polar surface area (TPSA) is 41.9 Å². The number of thiophene rings is 1. The van der Waals surface area contributed by atoms with Crippen LogP contribution in [0.3, 0.4) is 0 Å². The normalized spacial score (nSPS) is 10.6. The molecule has 0 aromatic carbocycles. The summed E-state index contributed by atoms with van der Waals surface area (Å²) in [5.41, 5.74) is 0. The van der Waals surface area contributed by atoms with Gasteiger partial charge >= 0.3 is 0 Å². The van der Waals surface area contributed by atoms with Gasteiger partial charge in [0, 0.05) is 21.8 Å². The summed E-state index contributed by atoms with van der Waals surface area (Å²) in [7, 11) is 1.87. The average Bonchev–Trinajstić information content (AvgIpc) is 2.67. The van der Waals surface area contributed by atoms with Crippen molar-refractivity contribution in [1.82, 2.24) is 15.2 Å². The predicted molar refractivity (Wildman–Crippen MR) is 74.0 cm³/mol. The molecule has 2 rings (SSSR count). The monoisotopic (exact) mass is 352 g/mol. The molecule has 0 spiro atoms. The molecule has 2 aromatic heterocycles. The minimum Gasteiger partial charge on any atom is -0.352 e. The lowest BCUT2D eigenvalue weighted by Gasteiger charge is -2.17. The Balaban J connectivity index is 2.19. The van der Waals surface area contributed by atoms with E-state index in [0.29, 0.717) is 12.4 Å². The van der Waals surface area contributed by atoms with Crippen molar-refractivity contribution in [2.75, 3.05) is 11.9 Å². The molecule has 17 heavy (non-hydrogen) atoms. The Morgan fingerprint density at radius 3 is 2.82 bits per heavy atom. The Kier molecular flexibility index (Phi) is 4.19. The zero-order valence-electron chi connectivity index (χ0n) is 8.69. The molecule has 8 heteroatoms. The molecule has 0 aliphatic heterocycles. The van der Waals surface area contributed by atoms with Crippen LogP contribution in [0.25, 0.3) is 0 Å². The fourth-order valence-corrected chi connectivity index (χ4v) is 3.12. The van der Waals surface area contributed by atoms with Crippen molar-refractivity contribution in [2.24, 2.45) is 0 Å². The van der Waals surface area contributed by atoms with Crippen LogP contribution in [-0.2, 0) is 6.54 Å². The van der Waals surface area contributed by atoms with Crippen molar-refractivity contribution < 1.29 is 0 Å². The highest BCUT2D eigenvalue weighted by Crippen LogP contribution is 2.25. The van der Waals surface area contributed by atoms with E-state index in [2.05, 4.69) is 31.1 Å². The molecule has 0 radical (unpaired) electrons. The molecule has 0 unspecified atom stereocenters. The summed E-state index contributed by atoms with van der Waals surface area (Å²) in [6, 6.07) is 2.05. The van der Waals surface area contributed by atoms with E-state index in [1.807, 2.05) is 23.4 Å². The third-order valence-corrected chi connectivity index (χ3v) is 4.07. The zero-order valence-corrected chi connectivity index (χ0v) is 12.6. The van der Waals surface area contributed by atoms with E-state index in [4.69, 9.17) is 23.2 Å². The molecule has 0 aliphatic carbocycles. The molecule has 2 heterocycles. The maximum Gasteiger partial charge on any atom is 0.245 e. The van der Waals surface area contributed by atoms with Crippen LogP contribution < -0.4 is 4.90 Å². The summed E-state index contributed by atoms with van der Waals surface area (Å²) < 4.78 is 1.07. The molecular formula is C9H7BrCl2N4S. The van der Waals surface area contributed by atoms with Crippen molar-refractivity contribution in [2.45, 2.75) is 6.54 Å². The Hall–Kier alpha value is -0.430. The molecule has 4 nitrogen and oxygen atoms in total. The Morgan fingerprint density at radius 2 is 2.18 bits per heavy atom. The van der Waals surface area contributed by atoms with Crippen molar-refractivity contribution in [3.8, 4) is 0 Å². The smallest absolute Gasteiger partial charge is 0.245 e. The average molecular weight is 354 g/mol. The van der Waals surface area contributed by atoms with Crippen molar-refractivity contribution >= 4 is 56.3 Å². The Morgan fingerprint density at radius 1 is 1.41 bits per heavy atom. The Labute approximate surface area is 121 Å². The molecule has 0 saturated carbocycles. The van der Waals surface area contributed by atoms with E-state index in [1.165, 1.54) is 4.88 Å². The predicted octanol–water partition coefficient (Wildman–Crippen LogP) is 3.64. The first-order valence-electron chi connectivity index (χ1n) is 4.56. The first-order valence-corrected chi connectivity index (χ1v) is 6.99. The van der Waals surface area contributed by atoms with Gasteiger partial charge in [-0.05, 0) is 33.6 Å². The molecule has 0 bridgehead atoms. The second-order valence-electron chi connectivity index (χ2n) is 3.28. The molecule has 0 fully saturated rings. The minimum absolute atomic E-state index is 0.0867. The van der Waals surface area contributed by atoms with Crippen LogP contribution in [-0.4, -0.2) is 22.2 Å². The first kappa shape index (κ1) is 13.0. The van der Waals surface area contributed by atoms with Crippen molar-refractivity contribution in [1.29, 1.82) is 0 Å². The molecular weight excluding hydrogens is 347 g/mol. The van der Waals surface area contributed by atoms with Crippen molar-refractivity contribution in [3.05, 3.63) is 31.2 Å². The molecule has 0 amide bonds. The van der Waals surface area contributed by atoms with Gasteiger partial charge in [-0.25, -0.2) is 0 Å². The lowest BCUT2D eigenvalue weighted by molar-refractivity contribution is 0.871. The van der Waals surface area contributed by atoms with Gasteiger partial charge < -0.3 is 4.90 Å². The summed E-state index contributed by atoms with van der Waals surface area (Å²) in [5.74, 6) is 0.524. The minimum atomic E-state index is 0.0867. The fraction of sp³-hybridized carbons (Fsp3) is 0.222. The van der Waals surface area contributed by atoms with E-state index < -0.39 is 0 Å². The van der Waals surface area contributed by atoms with Gasteiger partial charge in [-0.1, -0.05) is 11.6 Å². The van der Waals surface area contributed by atoms with Crippen molar-refractivity contribution in [3.63, 3.8) is 0 Å². The Bertz CT molecular complexity index is 533. The second kappa shape index (κ2) is 5.48. The number of aromatic nitrogens is 3. The van der Waals surface area contributed by atoms with Gasteiger partial charge in [0.2, 0.25) is 5.28 Å². The van der Waals surface area contributed by atoms with Gasteiger partial charge in [-0.3, -0.25) is 0 Å². The lowest BCUT2D eigenvalue weighted by atomic mass is 10.4. The van der Waals surface area contributed by atoms with E-state index in [-0.39, 0.29) is 10.4 Å². The van der Waals surface area contributed by atoms with E-state index in [0.717, 1.165) is 4.47 Å². The van der Waals surface area contributed by atoms with Gasteiger partial charge in [-0.15, -0.1) is 21.5 Å². The molecule has 0 atom stereocenters. The van der Waals surface area contributed by atoms with Crippen LogP contribution in [0.4, 0.5) is 5.82 Å². The summed E-state index contributed by atoms with van der Waals surface area (Å²) in [6.45, 7) is 0.686. The summed E-state index contributed by atoms with van der Waals surface area (Å²) in [5, 5.41) is 9.65. The van der Waals surface area contributed by atoms with E-state index in [9.17, 15) is 0 Å². The van der Waals surface area contributed by atoms with Gasteiger partial charge in [0.1, 0.15) is 0 Å². The highest BCUT2D eigenvalue weighted by molar-refractivity contribution is 9.10. The number of hydrogen-bond donors (Lipinski definition) is 0. The molecule has 0 saturated heterocycles. The summed E-state index contributed by atoms with van der Waals surface area (Å²) in [6.07, 6.45) is 0. The fourth-order valence-electron chi connectivity index (χ4n) is 1.27. The summed E-state index contributed by atoms with van der Waals surface area (Å²) in [4.78, 5) is 7.12. The number of rotatable bonds is 3. The highest BCUT2D eigenvalue weighted by atomic mass is 79.9. The van der Waals surface area contributed by atoms with Crippen LogP contribution in [0.5, 0.6) is 0 Å². The second-order valence-corrected chi connectivity index (χ2v) is 5.89. The third-order valence-electron chi connectivity index (χ3n) is 1.98. The molecule has 2 aromatic rings. The largest absolute Gasteiger partial charge is 0.352 e. The van der Waals surface area contributed by atoms with Gasteiger partial charge in [0.05, 0.1) is 6.54 Å². The van der Waals surface area contributed by atoms with Crippen LogP contribution in [0.2, 0.25) is 10.4 Å². The SMILES string of the molecule is CN(Cc1cc(Br)cs1)c1nc(Cl)nnc1Cl. The lowest BCUT2D eigenvalue weighted by Crippen LogP contribution is -2.18. The number of nitrogens with zero attached hydrogens (tertiary/aromatic N) is 4. The van der Waals surface area contributed by atoms with Gasteiger partial charge in [-0.2, -0.15) is 4.98 Å². The third kappa shape index (κ3) is 3.28. The van der Waals surface area contributed by atoms with E-state index in [1.54, 1.807) is 11.3 Å². The number of anilines is 1. The molecule has 0 aliphatic rings. The van der Waals surface area contributed by atoms with Crippen LogP contribution in [0.15, 0.2) is 15.9 Å². The van der Waals surface area contributed by atoms with Crippen LogP contribution >= 0.6 is 50.5 Å². The maximum atomic E-state index is 5.92. The van der Waals surface area contributed by atoms with E-state index >= 15 is 0 Å². The number of halogens is 3. The molecule has 90 valence electrons. The maximum absolute atomic E-state index is 5.92. The van der Waals surface area contributed by atoms with Crippen LogP contribution in [0.1, 0.15) is 4.88 Å². The number of hydrogen-bond acceptors (Lipinski definition) is 5. The highest BCUT2D eigenvalue weighted by Gasteiger charge is 2.12.